The van der Waals surface area contributed by atoms with Crippen molar-refractivity contribution in [2.75, 3.05) is 26.4 Å². The van der Waals surface area contributed by atoms with Crippen LogP contribution in [0.2, 0.25) is 0 Å². The highest BCUT2D eigenvalue weighted by atomic mass is 16.4. The first-order chi connectivity index (χ1) is 10.5. The summed E-state index contributed by atoms with van der Waals surface area (Å²) in [4.78, 5) is 19.8. The molecular formula is C14H30O8. The molecule has 8 heteroatoms. The van der Waals surface area contributed by atoms with Crippen molar-refractivity contribution in [2.24, 2.45) is 0 Å². The first-order valence-electron chi connectivity index (χ1n) is 7.33. The molecule has 0 aromatic rings. The second-order valence-corrected chi connectivity index (χ2v) is 4.30. The smallest absolute Gasteiger partial charge is 0.303 e. The summed E-state index contributed by atoms with van der Waals surface area (Å²) in [6.45, 7) is 0.316. The van der Waals surface area contributed by atoms with Gasteiger partial charge in [-0.3, -0.25) is 9.59 Å². The van der Waals surface area contributed by atoms with E-state index in [-0.39, 0.29) is 39.3 Å². The Hall–Kier alpha value is -1.22. The summed E-state index contributed by atoms with van der Waals surface area (Å²) in [5, 5.41) is 48.1. The Bertz CT molecular complexity index is 209. The van der Waals surface area contributed by atoms with Crippen LogP contribution in [0.15, 0.2) is 0 Å². The predicted molar refractivity (Wildman–Crippen MR) is 80.6 cm³/mol. The summed E-state index contributed by atoms with van der Waals surface area (Å²) in [6.07, 6.45) is 4.85. The van der Waals surface area contributed by atoms with Gasteiger partial charge in [0.1, 0.15) is 0 Å². The van der Waals surface area contributed by atoms with Crippen molar-refractivity contribution in [3.8, 4) is 0 Å². The highest BCUT2D eigenvalue weighted by Gasteiger charge is 1.99. The fourth-order valence-corrected chi connectivity index (χ4v) is 1.13. The molecular weight excluding hydrogens is 296 g/mol. The maximum absolute atomic E-state index is 9.90. The van der Waals surface area contributed by atoms with Crippen molar-refractivity contribution < 1.29 is 40.2 Å². The van der Waals surface area contributed by atoms with Gasteiger partial charge in [0.15, 0.2) is 0 Å². The van der Waals surface area contributed by atoms with Crippen LogP contribution in [0.4, 0.5) is 0 Å². The third kappa shape index (κ3) is 42.8. The number of hydrogen-bond donors (Lipinski definition) is 6. The molecule has 0 spiro atoms. The van der Waals surface area contributed by atoms with Gasteiger partial charge in [0.25, 0.3) is 0 Å². The quantitative estimate of drug-likeness (QED) is 0.294. The molecule has 0 heterocycles. The summed E-state index contributed by atoms with van der Waals surface area (Å²) >= 11 is 0. The van der Waals surface area contributed by atoms with Gasteiger partial charge in [-0.15, -0.1) is 0 Å². The second kappa shape index (κ2) is 24.8. The molecule has 0 aliphatic carbocycles. The maximum Gasteiger partial charge on any atom is 0.303 e. The highest BCUT2D eigenvalue weighted by molar-refractivity contribution is 5.67. The van der Waals surface area contributed by atoms with Crippen LogP contribution in [0.5, 0.6) is 0 Å². The summed E-state index contributed by atoms with van der Waals surface area (Å²) in [5.74, 6) is -1.74. The van der Waals surface area contributed by atoms with Crippen molar-refractivity contribution >= 4 is 11.9 Å². The third-order valence-electron chi connectivity index (χ3n) is 2.20. The monoisotopic (exact) mass is 326 g/mol. The molecule has 0 aromatic carbocycles. The molecule has 6 N–H and O–H groups in total. The van der Waals surface area contributed by atoms with Crippen LogP contribution in [0, 0.1) is 0 Å². The molecule has 0 rings (SSSR count). The first kappa shape index (κ1) is 25.7. The lowest BCUT2D eigenvalue weighted by atomic mass is 10.2. The minimum Gasteiger partial charge on any atom is -0.481 e. The van der Waals surface area contributed by atoms with Crippen LogP contribution < -0.4 is 0 Å². The SMILES string of the molecule is O=C(O)CCCCC(=O)O.OCCCCCCO.OCCO. The molecule has 22 heavy (non-hydrogen) atoms. The average molecular weight is 326 g/mol. The van der Waals surface area contributed by atoms with Gasteiger partial charge in [-0.05, 0) is 25.7 Å². The zero-order valence-corrected chi connectivity index (χ0v) is 13.0. The molecule has 0 radical (unpaired) electrons. The number of aliphatic hydroxyl groups excluding tert-OH is 4. The number of aliphatic carboxylic acids is 2. The van der Waals surface area contributed by atoms with E-state index in [9.17, 15) is 9.59 Å². The molecule has 0 unspecified atom stereocenters. The van der Waals surface area contributed by atoms with E-state index in [0.29, 0.717) is 12.8 Å². The minimum absolute atomic E-state index is 0.0628. The lowest BCUT2D eigenvalue weighted by molar-refractivity contribution is -0.139. The fraction of sp³-hybridized carbons (Fsp3) is 0.857. The fourth-order valence-electron chi connectivity index (χ4n) is 1.13. The van der Waals surface area contributed by atoms with Crippen LogP contribution in [0.3, 0.4) is 0 Å². The van der Waals surface area contributed by atoms with E-state index in [4.69, 9.17) is 30.6 Å². The van der Waals surface area contributed by atoms with Gasteiger partial charge in [0.2, 0.25) is 0 Å². The lowest BCUT2D eigenvalue weighted by Crippen LogP contribution is -1.97. The average Bonchev–Trinajstić information content (AvgIpc) is 2.49. The second-order valence-electron chi connectivity index (χ2n) is 4.30. The summed E-state index contributed by atoms with van der Waals surface area (Å²) in [7, 11) is 0. The lowest BCUT2D eigenvalue weighted by Gasteiger charge is -1.93. The number of rotatable bonds is 11. The van der Waals surface area contributed by atoms with Gasteiger partial charge >= 0.3 is 11.9 Å². The van der Waals surface area contributed by atoms with E-state index in [2.05, 4.69) is 0 Å². The van der Waals surface area contributed by atoms with E-state index >= 15 is 0 Å². The summed E-state index contributed by atoms with van der Waals surface area (Å²) < 4.78 is 0. The Kier molecular flexibility index (Phi) is 29.0. The van der Waals surface area contributed by atoms with E-state index in [0.717, 1.165) is 25.7 Å². The molecule has 134 valence electrons. The number of unbranched alkanes of at least 4 members (excludes halogenated alkanes) is 4. The van der Waals surface area contributed by atoms with Gasteiger partial charge in [0, 0.05) is 26.1 Å². The normalized spacial score (nSPS) is 9.09. The molecule has 0 amide bonds. The molecule has 0 bridgehead atoms. The number of carbonyl (C=O) groups is 2. The number of hydrogen-bond acceptors (Lipinski definition) is 6. The number of aliphatic hydroxyl groups is 4. The first-order valence-corrected chi connectivity index (χ1v) is 7.33. The van der Waals surface area contributed by atoms with E-state index < -0.39 is 11.9 Å². The molecule has 0 saturated heterocycles. The molecule has 0 fully saturated rings. The Labute approximate surface area is 131 Å². The standard InChI is InChI=1S/C6H10O4.C6H14O2.C2H6O2/c7-5(8)3-1-2-4-6(9)10;7-5-3-1-2-4-6-8;3-1-2-4/h1-4H2,(H,7,8)(H,9,10);7-8H,1-6H2;3-4H,1-2H2. The van der Waals surface area contributed by atoms with Gasteiger partial charge in [-0.2, -0.15) is 0 Å². The summed E-state index contributed by atoms with van der Waals surface area (Å²) in [5.41, 5.74) is 0. The largest absolute Gasteiger partial charge is 0.481 e. The van der Waals surface area contributed by atoms with Crippen LogP contribution in [0.25, 0.3) is 0 Å². The third-order valence-corrected chi connectivity index (χ3v) is 2.20. The van der Waals surface area contributed by atoms with Crippen LogP contribution in [-0.4, -0.2) is 69.0 Å². The topological polar surface area (TPSA) is 156 Å². The molecule has 0 atom stereocenters. The molecule has 8 nitrogen and oxygen atoms in total. The van der Waals surface area contributed by atoms with Crippen molar-refractivity contribution in [2.45, 2.75) is 51.4 Å². The van der Waals surface area contributed by atoms with Crippen LogP contribution in [-0.2, 0) is 9.59 Å². The Morgan fingerprint density at radius 1 is 0.500 bits per heavy atom. The zero-order valence-electron chi connectivity index (χ0n) is 13.0. The van der Waals surface area contributed by atoms with E-state index in [1.54, 1.807) is 0 Å². The molecule has 0 aliphatic heterocycles. The van der Waals surface area contributed by atoms with Crippen molar-refractivity contribution in [1.82, 2.24) is 0 Å². The maximum atomic E-state index is 9.90. The zero-order chi connectivity index (χ0) is 17.6. The molecule has 0 aliphatic rings. The van der Waals surface area contributed by atoms with Gasteiger partial charge in [-0.1, -0.05) is 12.8 Å². The molecule has 0 aromatic heterocycles. The van der Waals surface area contributed by atoms with Crippen molar-refractivity contribution in [3.05, 3.63) is 0 Å². The predicted octanol–water partition coefficient (Wildman–Crippen LogP) is 0.218. The van der Waals surface area contributed by atoms with E-state index in [1.807, 2.05) is 0 Å². The number of carboxylic acid groups (broad SMARTS) is 2. The Balaban J connectivity index is -0.000000269. The Morgan fingerprint density at radius 3 is 1.00 bits per heavy atom. The van der Waals surface area contributed by atoms with E-state index in [1.165, 1.54) is 0 Å². The number of carboxylic acids is 2. The van der Waals surface area contributed by atoms with Gasteiger partial charge < -0.3 is 30.6 Å². The Morgan fingerprint density at radius 2 is 0.818 bits per heavy atom. The van der Waals surface area contributed by atoms with Gasteiger partial charge in [0.05, 0.1) is 13.2 Å². The highest BCUT2D eigenvalue weighted by Crippen LogP contribution is 1.98. The summed E-state index contributed by atoms with van der Waals surface area (Å²) in [6, 6.07) is 0. The van der Waals surface area contributed by atoms with Crippen molar-refractivity contribution in [1.29, 1.82) is 0 Å². The van der Waals surface area contributed by atoms with Crippen LogP contribution in [0.1, 0.15) is 51.4 Å². The van der Waals surface area contributed by atoms with Crippen LogP contribution >= 0.6 is 0 Å². The minimum atomic E-state index is -0.870. The van der Waals surface area contributed by atoms with Gasteiger partial charge in [-0.25, -0.2) is 0 Å². The van der Waals surface area contributed by atoms with Crippen molar-refractivity contribution in [3.63, 3.8) is 0 Å². The molecule has 0 saturated carbocycles.